The first-order valence-corrected chi connectivity index (χ1v) is 5.00. The van der Waals surface area contributed by atoms with Gasteiger partial charge in [-0.15, -0.1) is 0 Å². The molecule has 17 heavy (non-hydrogen) atoms. The molecular formula is C11H8N4O2. The van der Waals surface area contributed by atoms with Crippen molar-refractivity contribution >= 4 is 0 Å². The van der Waals surface area contributed by atoms with Gasteiger partial charge in [0.15, 0.2) is 5.82 Å². The number of benzene rings is 1. The SMILES string of the molecule is O=c1[nH]c(-c2ncc(-c3ccccc3)[nH]2)no1. The van der Waals surface area contributed by atoms with Crippen LogP contribution in [0.3, 0.4) is 0 Å². The van der Waals surface area contributed by atoms with Gasteiger partial charge in [0.25, 0.3) is 0 Å². The van der Waals surface area contributed by atoms with Crippen LogP contribution in [0.5, 0.6) is 0 Å². The van der Waals surface area contributed by atoms with Gasteiger partial charge in [0, 0.05) is 0 Å². The molecule has 0 saturated carbocycles. The predicted molar refractivity (Wildman–Crippen MR) is 60.1 cm³/mol. The van der Waals surface area contributed by atoms with E-state index in [0.29, 0.717) is 5.82 Å². The minimum absolute atomic E-state index is 0.289. The Labute approximate surface area is 95.3 Å². The lowest BCUT2D eigenvalue weighted by molar-refractivity contribution is 0.387. The van der Waals surface area contributed by atoms with E-state index in [9.17, 15) is 4.79 Å². The van der Waals surface area contributed by atoms with E-state index < -0.39 is 5.76 Å². The lowest BCUT2D eigenvalue weighted by Crippen LogP contribution is -1.95. The minimum Gasteiger partial charge on any atom is -0.335 e. The third kappa shape index (κ3) is 1.76. The van der Waals surface area contributed by atoms with E-state index in [2.05, 4.69) is 24.6 Å². The monoisotopic (exact) mass is 228 g/mol. The Morgan fingerprint density at radius 2 is 1.88 bits per heavy atom. The summed E-state index contributed by atoms with van der Waals surface area (Å²) in [6, 6.07) is 9.74. The fourth-order valence-electron chi connectivity index (χ4n) is 1.54. The highest BCUT2D eigenvalue weighted by atomic mass is 16.5. The van der Waals surface area contributed by atoms with E-state index in [0.717, 1.165) is 11.3 Å². The molecule has 0 bridgehead atoms. The van der Waals surface area contributed by atoms with Gasteiger partial charge in [-0.3, -0.25) is 9.51 Å². The first kappa shape index (κ1) is 9.59. The average Bonchev–Trinajstić information content (AvgIpc) is 2.98. The zero-order valence-electron chi connectivity index (χ0n) is 8.68. The number of rotatable bonds is 2. The number of imidazole rings is 1. The van der Waals surface area contributed by atoms with Gasteiger partial charge in [0.05, 0.1) is 11.9 Å². The van der Waals surface area contributed by atoms with Gasteiger partial charge in [-0.1, -0.05) is 35.5 Å². The van der Waals surface area contributed by atoms with E-state index in [1.165, 1.54) is 0 Å². The molecular weight excluding hydrogens is 220 g/mol. The molecule has 0 aliphatic rings. The van der Waals surface area contributed by atoms with E-state index >= 15 is 0 Å². The summed E-state index contributed by atoms with van der Waals surface area (Å²) in [6.45, 7) is 0. The Morgan fingerprint density at radius 3 is 2.59 bits per heavy atom. The van der Waals surface area contributed by atoms with Crippen molar-refractivity contribution in [2.75, 3.05) is 0 Å². The van der Waals surface area contributed by atoms with Crippen LogP contribution < -0.4 is 5.76 Å². The molecule has 0 spiro atoms. The van der Waals surface area contributed by atoms with Crippen LogP contribution in [-0.2, 0) is 0 Å². The molecule has 2 N–H and O–H groups in total. The fourth-order valence-corrected chi connectivity index (χ4v) is 1.54. The van der Waals surface area contributed by atoms with Crippen molar-refractivity contribution in [1.29, 1.82) is 0 Å². The molecule has 0 fully saturated rings. The average molecular weight is 228 g/mol. The zero-order chi connectivity index (χ0) is 11.7. The van der Waals surface area contributed by atoms with Gasteiger partial charge in [-0.05, 0) is 5.56 Å². The maximum Gasteiger partial charge on any atom is 0.439 e. The highest BCUT2D eigenvalue weighted by Crippen LogP contribution is 2.18. The highest BCUT2D eigenvalue weighted by Gasteiger charge is 2.09. The van der Waals surface area contributed by atoms with Crippen LogP contribution in [0.15, 0.2) is 45.8 Å². The minimum atomic E-state index is -0.599. The molecule has 84 valence electrons. The van der Waals surface area contributed by atoms with Crippen LogP contribution in [0.25, 0.3) is 22.9 Å². The topological polar surface area (TPSA) is 87.6 Å². The molecule has 6 heteroatoms. The molecule has 3 aromatic rings. The first-order chi connectivity index (χ1) is 8.33. The van der Waals surface area contributed by atoms with Crippen molar-refractivity contribution in [1.82, 2.24) is 20.1 Å². The maximum absolute atomic E-state index is 10.8. The number of H-pyrrole nitrogens is 2. The Bertz CT molecular complexity index is 681. The number of aromatic nitrogens is 4. The maximum atomic E-state index is 10.8. The van der Waals surface area contributed by atoms with Crippen molar-refractivity contribution in [2.45, 2.75) is 0 Å². The second-order valence-electron chi connectivity index (χ2n) is 3.46. The smallest absolute Gasteiger partial charge is 0.335 e. The second kappa shape index (κ2) is 3.75. The van der Waals surface area contributed by atoms with Crippen LogP contribution >= 0.6 is 0 Å². The third-order valence-electron chi connectivity index (χ3n) is 2.33. The van der Waals surface area contributed by atoms with E-state index in [4.69, 9.17) is 0 Å². The standard InChI is InChI=1S/C11H8N4O2/c16-11-14-10(15-17-11)9-12-6-8(13-9)7-4-2-1-3-5-7/h1-6H,(H,12,13)(H,14,15,16). The zero-order valence-corrected chi connectivity index (χ0v) is 8.68. The van der Waals surface area contributed by atoms with Crippen LogP contribution in [-0.4, -0.2) is 20.1 Å². The summed E-state index contributed by atoms with van der Waals surface area (Å²) in [7, 11) is 0. The molecule has 1 aromatic carbocycles. The largest absolute Gasteiger partial charge is 0.439 e. The van der Waals surface area contributed by atoms with Gasteiger partial charge >= 0.3 is 5.76 Å². The number of hydrogen-bond donors (Lipinski definition) is 2. The van der Waals surface area contributed by atoms with E-state index in [1.807, 2.05) is 30.3 Å². The van der Waals surface area contributed by atoms with E-state index in [-0.39, 0.29) is 5.82 Å². The molecule has 3 rings (SSSR count). The molecule has 0 amide bonds. The Morgan fingerprint density at radius 1 is 1.06 bits per heavy atom. The predicted octanol–water partition coefficient (Wildman–Crippen LogP) is 1.42. The quantitative estimate of drug-likeness (QED) is 0.694. The molecule has 0 aliphatic carbocycles. The molecule has 0 saturated heterocycles. The molecule has 6 nitrogen and oxygen atoms in total. The summed E-state index contributed by atoms with van der Waals surface area (Å²) in [6.07, 6.45) is 1.68. The van der Waals surface area contributed by atoms with Gasteiger partial charge in [0.2, 0.25) is 5.82 Å². The number of nitrogens with one attached hydrogen (secondary N) is 2. The van der Waals surface area contributed by atoms with Gasteiger partial charge in [0.1, 0.15) is 0 Å². The molecule has 0 atom stereocenters. The van der Waals surface area contributed by atoms with Crippen LogP contribution in [0, 0.1) is 0 Å². The van der Waals surface area contributed by atoms with Crippen molar-refractivity contribution in [3.8, 4) is 22.9 Å². The first-order valence-electron chi connectivity index (χ1n) is 5.00. The summed E-state index contributed by atoms with van der Waals surface area (Å²) in [5.74, 6) is 0.157. The fraction of sp³-hybridized carbons (Fsp3) is 0. The lowest BCUT2D eigenvalue weighted by atomic mass is 10.2. The summed E-state index contributed by atoms with van der Waals surface area (Å²) in [4.78, 5) is 20.4. The van der Waals surface area contributed by atoms with Crippen molar-refractivity contribution in [3.05, 3.63) is 47.1 Å². The van der Waals surface area contributed by atoms with Gasteiger partial charge in [-0.25, -0.2) is 9.78 Å². The summed E-state index contributed by atoms with van der Waals surface area (Å²) in [5.41, 5.74) is 1.86. The Kier molecular flexibility index (Phi) is 2.11. The molecule has 2 heterocycles. The third-order valence-corrected chi connectivity index (χ3v) is 2.33. The Balaban J connectivity index is 2.01. The summed E-state index contributed by atoms with van der Waals surface area (Å²) < 4.78 is 4.41. The van der Waals surface area contributed by atoms with Crippen molar-refractivity contribution in [2.24, 2.45) is 0 Å². The molecule has 0 aliphatic heterocycles. The van der Waals surface area contributed by atoms with Crippen molar-refractivity contribution < 1.29 is 4.52 Å². The summed E-state index contributed by atoms with van der Waals surface area (Å²) >= 11 is 0. The van der Waals surface area contributed by atoms with Gasteiger partial charge in [-0.2, -0.15) is 0 Å². The number of hydrogen-bond acceptors (Lipinski definition) is 4. The Hall–Kier alpha value is -2.63. The molecule has 2 aromatic heterocycles. The normalized spacial score (nSPS) is 10.6. The molecule has 0 radical (unpaired) electrons. The van der Waals surface area contributed by atoms with Crippen LogP contribution in [0.4, 0.5) is 0 Å². The summed E-state index contributed by atoms with van der Waals surface area (Å²) in [5, 5.41) is 3.56. The van der Waals surface area contributed by atoms with Gasteiger partial charge < -0.3 is 4.98 Å². The highest BCUT2D eigenvalue weighted by molar-refractivity contribution is 5.61. The number of aromatic amines is 2. The second-order valence-corrected chi connectivity index (χ2v) is 3.46. The van der Waals surface area contributed by atoms with Crippen LogP contribution in [0.1, 0.15) is 0 Å². The lowest BCUT2D eigenvalue weighted by Gasteiger charge is -1.94. The molecule has 0 unspecified atom stereocenters. The number of nitrogens with zero attached hydrogens (tertiary/aromatic N) is 2. The van der Waals surface area contributed by atoms with Crippen LogP contribution in [0.2, 0.25) is 0 Å². The van der Waals surface area contributed by atoms with E-state index in [1.54, 1.807) is 6.20 Å². The van der Waals surface area contributed by atoms with Crippen molar-refractivity contribution in [3.63, 3.8) is 0 Å².